The van der Waals surface area contributed by atoms with Gasteiger partial charge in [0.2, 0.25) is 0 Å². The van der Waals surface area contributed by atoms with E-state index in [0.717, 1.165) is 31.8 Å². The second-order valence-corrected chi connectivity index (χ2v) is 8.75. The second kappa shape index (κ2) is 9.56. The van der Waals surface area contributed by atoms with Crippen LogP contribution in [0.25, 0.3) is 0 Å². The van der Waals surface area contributed by atoms with Gasteiger partial charge in [-0.3, -0.25) is 9.69 Å². The Labute approximate surface area is 170 Å². The number of carbonyl (C=O) groups excluding carboxylic acids is 1. The molecule has 5 nitrogen and oxygen atoms in total. The quantitative estimate of drug-likeness (QED) is 0.542. The maximum absolute atomic E-state index is 12.6. The average Bonchev–Trinajstić information content (AvgIpc) is 3.09. The van der Waals surface area contributed by atoms with Crippen LogP contribution in [-0.2, 0) is 17.9 Å². The Morgan fingerprint density at radius 1 is 1.29 bits per heavy atom. The lowest BCUT2D eigenvalue weighted by Gasteiger charge is -2.18. The Balaban J connectivity index is 1.51. The fourth-order valence-corrected chi connectivity index (χ4v) is 4.39. The average molecular weight is 401 g/mol. The fourth-order valence-electron chi connectivity index (χ4n) is 3.33. The van der Waals surface area contributed by atoms with Gasteiger partial charge in [0, 0.05) is 31.3 Å². The zero-order valence-electron chi connectivity index (χ0n) is 16.7. The standard InChI is InChI=1S/C22H28N2O3S/c1-16(2)27-21-9-7-18(8-10-21)14-24-12-11-20(15-24)23-28(26)22-6-4-5-19(13-22)17(3)25/h4-10,13,16,20,23H,11-12,14-15H2,1-3H3/t20-,28?/m1/s1. The van der Waals surface area contributed by atoms with E-state index in [2.05, 4.69) is 21.8 Å². The molecule has 1 heterocycles. The summed E-state index contributed by atoms with van der Waals surface area (Å²) in [5.41, 5.74) is 1.83. The molecule has 0 aliphatic carbocycles. The van der Waals surface area contributed by atoms with E-state index in [1.807, 2.05) is 26.0 Å². The zero-order valence-corrected chi connectivity index (χ0v) is 17.5. The lowest BCUT2D eigenvalue weighted by atomic mass is 10.2. The van der Waals surface area contributed by atoms with Crippen molar-refractivity contribution in [3.63, 3.8) is 0 Å². The molecule has 3 rings (SSSR count). The van der Waals surface area contributed by atoms with Crippen LogP contribution in [0, 0.1) is 0 Å². The lowest BCUT2D eigenvalue weighted by molar-refractivity contribution is 0.101. The number of hydrogen-bond acceptors (Lipinski definition) is 5. The summed E-state index contributed by atoms with van der Waals surface area (Å²) in [6.45, 7) is 8.24. The monoisotopic (exact) mass is 400 g/mol. The van der Waals surface area contributed by atoms with Crippen LogP contribution in [0.15, 0.2) is 53.4 Å². The number of nitrogens with one attached hydrogen (secondary N) is 1. The number of likely N-dealkylation sites (tertiary alicyclic amines) is 1. The van der Waals surface area contributed by atoms with Crippen LogP contribution in [-0.4, -0.2) is 40.5 Å². The predicted molar refractivity (Wildman–Crippen MR) is 112 cm³/mol. The first kappa shape index (κ1) is 20.9. The van der Waals surface area contributed by atoms with E-state index in [1.165, 1.54) is 12.5 Å². The van der Waals surface area contributed by atoms with Crippen molar-refractivity contribution >= 4 is 17.1 Å². The molecule has 28 heavy (non-hydrogen) atoms. The van der Waals surface area contributed by atoms with Gasteiger partial charge in [-0.05, 0) is 51.0 Å². The molecule has 0 bridgehead atoms. The minimum atomic E-state index is -1.32. The third-order valence-corrected chi connectivity index (χ3v) is 5.93. The molecule has 1 aliphatic rings. The van der Waals surface area contributed by atoms with Crippen molar-refractivity contribution in [2.45, 2.75) is 50.8 Å². The van der Waals surface area contributed by atoms with E-state index in [-0.39, 0.29) is 17.9 Å². The number of benzene rings is 2. The van der Waals surface area contributed by atoms with Gasteiger partial charge in [-0.25, -0.2) is 0 Å². The molecule has 2 atom stereocenters. The molecule has 0 spiro atoms. The summed E-state index contributed by atoms with van der Waals surface area (Å²) in [4.78, 5) is 14.5. The number of Topliss-reactive ketones (excluding diaryl/α,β-unsaturated/α-hetero) is 1. The number of rotatable bonds is 8. The summed E-state index contributed by atoms with van der Waals surface area (Å²) in [5, 5.41) is 0. The number of ketones is 1. The molecule has 150 valence electrons. The van der Waals surface area contributed by atoms with Crippen LogP contribution < -0.4 is 9.46 Å². The van der Waals surface area contributed by atoms with Gasteiger partial charge in [0.15, 0.2) is 10.7 Å². The van der Waals surface area contributed by atoms with Gasteiger partial charge in [0.1, 0.15) is 5.75 Å². The molecule has 2 aromatic rings. The van der Waals surface area contributed by atoms with Gasteiger partial charge in [-0.1, -0.05) is 24.3 Å². The molecule has 0 amide bonds. The molecule has 1 saturated heterocycles. The Hall–Kier alpha value is -1.86. The highest BCUT2D eigenvalue weighted by atomic mass is 32.2. The molecule has 0 aromatic heterocycles. The highest BCUT2D eigenvalue weighted by Gasteiger charge is 2.27. The topological polar surface area (TPSA) is 64.6 Å². The van der Waals surface area contributed by atoms with E-state index in [4.69, 9.17) is 4.74 Å². The molecule has 6 heteroatoms. The lowest BCUT2D eigenvalue weighted by Crippen LogP contribution is -2.37. The maximum Gasteiger partial charge on any atom is 0.174 e. The molecule has 1 fully saturated rings. The van der Waals surface area contributed by atoms with Gasteiger partial charge in [0.25, 0.3) is 0 Å². The smallest absolute Gasteiger partial charge is 0.174 e. The molecular weight excluding hydrogens is 372 g/mol. The van der Waals surface area contributed by atoms with Crippen molar-refractivity contribution in [3.8, 4) is 5.75 Å². The number of nitrogens with zero attached hydrogens (tertiary/aromatic N) is 1. The van der Waals surface area contributed by atoms with Crippen LogP contribution in [0.1, 0.15) is 43.1 Å². The summed E-state index contributed by atoms with van der Waals surface area (Å²) in [7, 11) is 0. The van der Waals surface area contributed by atoms with Crippen molar-refractivity contribution in [1.82, 2.24) is 9.62 Å². The van der Waals surface area contributed by atoms with Crippen molar-refractivity contribution in [2.24, 2.45) is 0 Å². The minimum Gasteiger partial charge on any atom is -0.593 e. The van der Waals surface area contributed by atoms with Crippen LogP contribution in [0.4, 0.5) is 0 Å². The summed E-state index contributed by atoms with van der Waals surface area (Å²) >= 11 is -1.32. The molecule has 0 saturated carbocycles. The zero-order chi connectivity index (χ0) is 20.1. The van der Waals surface area contributed by atoms with E-state index >= 15 is 0 Å². The molecule has 1 unspecified atom stereocenters. The molecule has 1 aliphatic heterocycles. The normalized spacial score (nSPS) is 18.4. The van der Waals surface area contributed by atoms with Crippen LogP contribution in [0.3, 0.4) is 0 Å². The second-order valence-electron chi connectivity index (χ2n) is 7.50. The molecule has 1 N–H and O–H groups in total. The summed E-state index contributed by atoms with van der Waals surface area (Å²) in [6, 6.07) is 15.4. The molecule has 0 radical (unpaired) electrons. The van der Waals surface area contributed by atoms with Gasteiger partial charge in [-0.2, -0.15) is 0 Å². The summed E-state index contributed by atoms with van der Waals surface area (Å²) in [5.74, 6) is 0.874. The van der Waals surface area contributed by atoms with Crippen LogP contribution in [0.5, 0.6) is 5.75 Å². The summed E-state index contributed by atoms with van der Waals surface area (Å²) < 4.78 is 21.5. The Morgan fingerprint density at radius 3 is 2.71 bits per heavy atom. The minimum absolute atomic E-state index is 0.0179. The van der Waals surface area contributed by atoms with Crippen molar-refractivity contribution in [2.75, 3.05) is 13.1 Å². The fraction of sp³-hybridized carbons (Fsp3) is 0.409. The maximum atomic E-state index is 12.6. The van der Waals surface area contributed by atoms with E-state index in [0.29, 0.717) is 10.5 Å². The molecular formula is C22H28N2O3S. The first-order valence-electron chi connectivity index (χ1n) is 9.67. The number of carbonyl (C=O) groups is 1. The Bertz CT molecular complexity index is 795. The largest absolute Gasteiger partial charge is 0.593 e. The highest BCUT2D eigenvalue weighted by Crippen LogP contribution is 2.19. The third-order valence-electron chi connectivity index (χ3n) is 4.70. The van der Waals surface area contributed by atoms with Gasteiger partial charge < -0.3 is 9.29 Å². The Kier molecular flexibility index (Phi) is 7.13. The van der Waals surface area contributed by atoms with Gasteiger partial charge in [-0.15, -0.1) is 4.72 Å². The number of hydrogen-bond donors (Lipinski definition) is 1. The first-order chi connectivity index (χ1) is 13.4. The van der Waals surface area contributed by atoms with E-state index in [9.17, 15) is 9.35 Å². The van der Waals surface area contributed by atoms with E-state index < -0.39 is 11.4 Å². The third kappa shape index (κ3) is 5.82. The van der Waals surface area contributed by atoms with Gasteiger partial charge >= 0.3 is 0 Å². The van der Waals surface area contributed by atoms with Crippen LogP contribution >= 0.6 is 0 Å². The van der Waals surface area contributed by atoms with Gasteiger partial charge in [0.05, 0.1) is 23.5 Å². The molecule has 2 aromatic carbocycles. The highest BCUT2D eigenvalue weighted by molar-refractivity contribution is 7.89. The number of ether oxygens (including phenoxy) is 1. The van der Waals surface area contributed by atoms with Crippen molar-refractivity contribution in [3.05, 3.63) is 59.7 Å². The summed E-state index contributed by atoms with van der Waals surface area (Å²) in [6.07, 6.45) is 1.13. The predicted octanol–water partition coefficient (Wildman–Crippen LogP) is 3.56. The first-order valence-corrected chi connectivity index (χ1v) is 10.8. The SMILES string of the molecule is CC(=O)c1cccc([S+]([O-])N[C@@H]2CCN(Cc3ccc(OC(C)C)cc3)C2)c1. The van der Waals surface area contributed by atoms with Crippen molar-refractivity contribution in [1.29, 1.82) is 0 Å². The van der Waals surface area contributed by atoms with Crippen molar-refractivity contribution < 1.29 is 14.1 Å². The Morgan fingerprint density at radius 2 is 2.04 bits per heavy atom. The van der Waals surface area contributed by atoms with Crippen LogP contribution in [0.2, 0.25) is 0 Å². The van der Waals surface area contributed by atoms with E-state index in [1.54, 1.807) is 24.3 Å².